The number of anilines is 1. The van der Waals surface area contributed by atoms with Crippen LogP contribution in [0.2, 0.25) is 0 Å². The molecule has 3 N–H and O–H groups in total. The molecule has 5 heterocycles. The number of Topliss-reactive ketones (excluding diaryl/α,β-unsaturated/α-hetero) is 1. The Labute approximate surface area is 238 Å². The molecule has 0 bridgehead atoms. The normalized spacial score (nSPS) is 18.9. The lowest BCUT2D eigenvalue weighted by Gasteiger charge is -2.42. The fourth-order valence-electron chi connectivity index (χ4n) is 5.94. The van der Waals surface area contributed by atoms with E-state index in [0.717, 1.165) is 6.07 Å². The van der Waals surface area contributed by atoms with Crippen molar-refractivity contribution in [3.8, 4) is 22.4 Å². The van der Waals surface area contributed by atoms with Crippen LogP contribution in [0.5, 0.6) is 0 Å². The van der Waals surface area contributed by atoms with E-state index in [1.165, 1.54) is 29.9 Å². The molecule has 0 aliphatic carbocycles. The maximum absolute atomic E-state index is 14.3. The van der Waals surface area contributed by atoms with Crippen molar-refractivity contribution in [2.24, 2.45) is 0 Å². The van der Waals surface area contributed by atoms with Crippen LogP contribution in [0.25, 0.3) is 28.0 Å². The van der Waals surface area contributed by atoms with Crippen LogP contribution in [0.4, 0.5) is 14.6 Å². The van der Waals surface area contributed by atoms with Gasteiger partial charge in [-0.15, -0.1) is 10.2 Å². The number of aromatic nitrogens is 7. The number of aromatic amines is 1. The molecule has 0 saturated carbocycles. The minimum absolute atomic E-state index is 0.162. The first-order chi connectivity index (χ1) is 20.1. The fourth-order valence-corrected chi connectivity index (χ4v) is 5.94. The Bertz CT molecular complexity index is 1810. The quantitative estimate of drug-likeness (QED) is 0.294. The van der Waals surface area contributed by atoms with Crippen LogP contribution in [-0.4, -0.2) is 63.4 Å². The highest BCUT2D eigenvalue weighted by Crippen LogP contribution is 2.39. The van der Waals surface area contributed by atoms with Crippen molar-refractivity contribution in [1.82, 2.24) is 39.7 Å². The van der Waals surface area contributed by atoms with E-state index < -0.39 is 11.6 Å². The second-order valence-electron chi connectivity index (χ2n) is 10.6. The van der Waals surface area contributed by atoms with Crippen molar-refractivity contribution in [3.63, 3.8) is 0 Å². The highest BCUT2D eigenvalue weighted by Gasteiger charge is 2.38. The molecular weight excluding hydrogens is 544 g/mol. The smallest absolute Gasteiger partial charge is 0.292 e. The number of nitrogens with one attached hydrogen (secondary N) is 1. The monoisotopic (exact) mass is 571 g/mol. The second kappa shape index (κ2) is 10.4. The van der Waals surface area contributed by atoms with Crippen molar-refractivity contribution in [2.45, 2.75) is 51.6 Å². The van der Waals surface area contributed by atoms with E-state index in [2.05, 4.69) is 25.3 Å². The summed E-state index contributed by atoms with van der Waals surface area (Å²) in [5, 5.41) is 12.0. The van der Waals surface area contributed by atoms with Crippen molar-refractivity contribution < 1.29 is 18.4 Å². The lowest BCUT2D eigenvalue weighted by Crippen LogP contribution is -2.50. The molecule has 11 nitrogen and oxygen atoms in total. The number of fused-ring (bicyclic) bond motifs is 1. The summed E-state index contributed by atoms with van der Waals surface area (Å²) in [5.74, 6) is -1.67. The number of carbonyl (C=O) groups is 2. The number of ketones is 1. The Hall–Kier alpha value is -5.07. The van der Waals surface area contributed by atoms with E-state index in [0.29, 0.717) is 46.6 Å². The Morgan fingerprint density at radius 3 is 2.43 bits per heavy atom. The van der Waals surface area contributed by atoms with E-state index in [4.69, 9.17) is 10.7 Å². The van der Waals surface area contributed by atoms with E-state index >= 15 is 0 Å². The number of halogens is 2. The summed E-state index contributed by atoms with van der Waals surface area (Å²) >= 11 is 0. The van der Waals surface area contributed by atoms with E-state index in [1.54, 1.807) is 29.4 Å². The van der Waals surface area contributed by atoms with Crippen molar-refractivity contribution in [2.75, 3.05) is 5.73 Å². The average molecular weight is 572 g/mol. The van der Waals surface area contributed by atoms with Gasteiger partial charge in [-0.2, -0.15) is 9.61 Å². The fraction of sp³-hybridized carbons (Fsp3) is 0.276. The third-order valence-corrected chi connectivity index (χ3v) is 7.79. The molecule has 1 aromatic carbocycles. The number of rotatable bonds is 5. The second-order valence-corrected chi connectivity index (χ2v) is 10.6. The summed E-state index contributed by atoms with van der Waals surface area (Å²) in [7, 11) is 0. The van der Waals surface area contributed by atoms with Crippen LogP contribution in [0.1, 0.15) is 66.2 Å². The van der Waals surface area contributed by atoms with Gasteiger partial charge < -0.3 is 15.6 Å². The van der Waals surface area contributed by atoms with Gasteiger partial charge in [0.2, 0.25) is 5.82 Å². The molecule has 5 aromatic rings. The van der Waals surface area contributed by atoms with Crippen LogP contribution in [0, 0.1) is 11.6 Å². The van der Waals surface area contributed by atoms with Gasteiger partial charge in [0.25, 0.3) is 5.91 Å². The van der Waals surface area contributed by atoms with E-state index in [-0.39, 0.29) is 46.9 Å². The van der Waals surface area contributed by atoms with Gasteiger partial charge in [0, 0.05) is 47.0 Å². The molecular formula is C29H27F2N9O2. The highest BCUT2D eigenvalue weighted by molar-refractivity contribution is 6.00. The summed E-state index contributed by atoms with van der Waals surface area (Å²) in [6.45, 7) is 5.35. The highest BCUT2D eigenvalue weighted by atomic mass is 19.1. The van der Waals surface area contributed by atoms with Gasteiger partial charge in [0.1, 0.15) is 23.8 Å². The van der Waals surface area contributed by atoms with Crippen molar-refractivity contribution >= 4 is 23.2 Å². The van der Waals surface area contributed by atoms with Gasteiger partial charge in [-0.3, -0.25) is 14.6 Å². The lowest BCUT2D eigenvalue weighted by atomic mass is 9.82. The number of piperidine rings is 1. The lowest BCUT2D eigenvalue weighted by molar-refractivity contribution is 0.0463. The molecule has 1 fully saturated rings. The minimum Gasteiger partial charge on any atom is -0.383 e. The van der Waals surface area contributed by atoms with Crippen molar-refractivity contribution in [1.29, 1.82) is 0 Å². The molecule has 4 aromatic heterocycles. The number of benzene rings is 1. The van der Waals surface area contributed by atoms with Crippen LogP contribution < -0.4 is 5.73 Å². The zero-order valence-corrected chi connectivity index (χ0v) is 23.0. The molecule has 1 saturated heterocycles. The molecule has 1 amide bonds. The molecule has 0 spiro atoms. The van der Waals surface area contributed by atoms with Gasteiger partial charge in [-0.05, 0) is 51.8 Å². The number of nitrogen functional groups attached to an aromatic ring is 1. The average Bonchev–Trinajstić information content (AvgIpc) is 3.63. The van der Waals surface area contributed by atoms with Gasteiger partial charge in [-0.25, -0.2) is 13.8 Å². The van der Waals surface area contributed by atoms with Crippen LogP contribution in [-0.2, 0) is 0 Å². The summed E-state index contributed by atoms with van der Waals surface area (Å²) < 4.78 is 29.1. The number of nitrogens with two attached hydrogens (primary N) is 1. The van der Waals surface area contributed by atoms with Gasteiger partial charge in [-0.1, -0.05) is 6.07 Å². The van der Waals surface area contributed by atoms with Gasteiger partial charge in [0.05, 0.1) is 23.1 Å². The number of nitrogens with zero attached hydrogens (tertiary/aromatic N) is 7. The number of amides is 1. The predicted octanol–water partition coefficient (Wildman–Crippen LogP) is 4.44. The van der Waals surface area contributed by atoms with Crippen LogP contribution >= 0.6 is 0 Å². The Morgan fingerprint density at radius 2 is 1.81 bits per heavy atom. The standard InChI is InChI=1S/C29H27F2N9O2/c1-14-8-18(9-15(2)39(14)29(42)27-34-13-35-38-27)25-24(16(3)41)26(32)40-28(37-25)21(12-36-40)17-4-7-23(33-11-17)20-6-5-19(30)10-22(20)31/h4-7,10-15,18H,8-9,32H2,1-3H3,(H,34,35,38)/t14-,15?,18-/m0/s1. The Kier molecular flexibility index (Phi) is 6.71. The number of pyridine rings is 1. The molecule has 214 valence electrons. The molecule has 6 rings (SSSR count). The number of hydrogen-bond donors (Lipinski definition) is 2. The minimum atomic E-state index is -0.709. The molecule has 13 heteroatoms. The maximum atomic E-state index is 14.3. The molecule has 42 heavy (non-hydrogen) atoms. The first-order valence-corrected chi connectivity index (χ1v) is 13.4. The number of carbonyl (C=O) groups excluding carboxylic acids is 2. The van der Waals surface area contributed by atoms with E-state index in [9.17, 15) is 18.4 Å². The molecule has 1 aliphatic heterocycles. The van der Waals surface area contributed by atoms with E-state index in [1.807, 2.05) is 13.8 Å². The number of likely N-dealkylation sites (tertiary alicyclic amines) is 1. The largest absolute Gasteiger partial charge is 0.383 e. The third kappa shape index (κ3) is 4.56. The number of H-pyrrole nitrogens is 1. The molecule has 1 aliphatic rings. The maximum Gasteiger partial charge on any atom is 0.292 e. The summed E-state index contributed by atoms with van der Waals surface area (Å²) in [4.78, 5) is 39.8. The van der Waals surface area contributed by atoms with Crippen molar-refractivity contribution in [3.05, 3.63) is 77.8 Å². The zero-order chi connectivity index (χ0) is 29.7. The molecule has 3 atom stereocenters. The summed E-state index contributed by atoms with van der Waals surface area (Å²) in [6, 6.07) is 6.35. The predicted molar refractivity (Wildman–Crippen MR) is 149 cm³/mol. The van der Waals surface area contributed by atoms with Gasteiger partial charge >= 0.3 is 0 Å². The van der Waals surface area contributed by atoms with Gasteiger partial charge in [0.15, 0.2) is 11.4 Å². The first kappa shape index (κ1) is 27.1. The molecule has 0 radical (unpaired) electrons. The topological polar surface area (TPSA) is 148 Å². The third-order valence-electron chi connectivity index (χ3n) is 7.79. The summed E-state index contributed by atoms with van der Waals surface area (Å²) in [6.07, 6.45) is 5.62. The SMILES string of the molecule is CC(=O)c1c([C@@H]2CC(C)N(C(=O)c3nnc[nH]3)[C@@H](C)C2)nc2c(-c3ccc(-c4ccc(F)cc4F)nc3)cnn2c1N. The Morgan fingerprint density at radius 1 is 1.05 bits per heavy atom. The first-order valence-electron chi connectivity index (χ1n) is 13.4. The zero-order valence-electron chi connectivity index (χ0n) is 23.0. The molecule has 1 unspecified atom stereocenters. The Balaban J connectivity index is 1.37. The number of hydrogen-bond acceptors (Lipinski definition) is 8. The van der Waals surface area contributed by atoms with Crippen LogP contribution in [0.15, 0.2) is 49.1 Å². The van der Waals surface area contributed by atoms with Crippen LogP contribution in [0.3, 0.4) is 0 Å². The summed E-state index contributed by atoms with van der Waals surface area (Å²) in [5.41, 5.74) is 9.61.